The minimum absolute atomic E-state index is 0.0338. The number of carbonyl (C=O) groups excluding carboxylic acids is 2. The second kappa shape index (κ2) is 8.39. The van der Waals surface area contributed by atoms with Crippen LogP contribution in [0, 0.1) is 5.82 Å². The van der Waals surface area contributed by atoms with Crippen LogP contribution in [0.15, 0.2) is 64.8 Å². The van der Waals surface area contributed by atoms with E-state index in [0.717, 1.165) is 11.8 Å². The smallest absolute Gasteiger partial charge is 0.240 e. The van der Waals surface area contributed by atoms with Crippen molar-refractivity contribution in [3.05, 3.63) is 66.0 Å². The van der Waals surface area contributed by atoms with Crippen LogP contribution in [0.1, 0.15) is 12.0 Å². The summed E-state index contributed by atoms with van der Waals surface area (Å²) in [6, 6.07) is 14.8. The normalized spacial score (nSPS) is 18.3. The number of nitrogens with one attached hydrogen (secondary N) is 2. The summed E-state index contributed by atoms with van der Waals surface area (Å²) in [4.78, 5) is 24.0. The zero-order valence-corrected chi connectivity index (χ0v) is 14.4. The van der Waals surface area contributed by atoms with Gasteiger partial charge in [-0.1, -0.05) is 42.1 Å². The molecule has 1 aliphatic heterocycles. The second-order valence-electron chi connectivity index (χ2n) is 5.42. The molecule has 0 saturated carbocycles. The molecule has 1 saturated heterocycles. The van der Waals surface area contributed by atoms with E-state index in [1.165, 1.54) is 18.3 Å². The summed E-state index contributed by atoms with van der Waals surface area (Å²) in [5, 5.41) is 12.9. The van der Waals surface area contributed by atoms with Crippen molar-refractivity contribution in [3.63, 3.8) is 0 Å². The molecule has 1 fully saturated rings. The van der Waals surface area contributed by atoms with Gasteiger partial charge >= 0.3 is 0 Å². The Balaban J connectivity index is 1.54. The molecule has 132 valence electrons. The molecule has 1 aliphatic rings. The Morgan fingerprint density at radius 1 is 1.19 bits per heavy atom. The molecule has 0 aliphatic carbocycles. The summed E-state index contributed by atoms with van der Waals surface area (Å²) in [6.45, 7) is 0. The molecule has 2 aromatic carbocycles. The van der Waals surface area contributed by atoms with Crippen LogP contribution in [-0.2, 0) is 9.59 Å². The predicted octanol–water partition coefficient (Wildman–Crippen LogP) is 2.78. The summed E-state index contributed by atoms with van der Waals surface area (Å²) < 4.78 is 12.8. The monoisotopic (exact) mass is 370 g/mol. The van der Waals surface area contributed by atoms with E-state index >= 15 is 0 Å². The fourth-order valence-electron chi connectivity index (χ4n) is 2.19. The highest BCUT2D eigenvalue weighted by Gasteiger charge is 2.32. The minimum atomic E-state index is -0.557. The largest absolute Gasteiger partial charge is 0.326 e. The van der Waals surface area contributed by atoms with Crippen molar-refractivity contribution in [1.82, 2.24) is 5.32 Å². The maximum atomic E-state index is 12.8. The van der Waals surface area contributed by atoms with Crippen molar-refractivity contribution in [1.29, 1.82) is 0 Å². The van der Waals surface area contributed by atoms with E-state index in [4.69, 9.17) is 0 Å². The van der Waals surface area contributed by atoms with E-state index < -0.39 is 5.25 Å². The van der Waals surface area contributed by atoms with Gasteiger partial charge in [0.2, 0.25) is 11.8 Å². The Hall–Kier alpha value is -3.00. The van der Waals surface area contributed by atoms with E-state index in [1.807, 2.05) is 18.2 Å². The summed E-state index contributed by atoms with van der Waals surface area (Å²) in [6.07, 6.45) is 1.49. The van der Waals surface area contributed by atoms with Crippen LogP contribution in [0.25, 0.3) is 0 Å². The molecular weight excluding hydrogens is 355 g/mol. The average Bonchev–Trinajstić information content (AvgIpc) is 2.97. The molecule has 2 amide bonds. The second-order valence-corrected chi connectivity index (χ2v) is 6.61. The molecule has 1 unspecified atom stereocenters. The number of hydrogen-bond donors (Lipinski definition) is 2. The van der Waals surface area contributed by atoms with Gasteiger partial charge in [0.15, 0.2) is 5.17 Å². The molecular formula is C18H15FN4O2S. The summed E-state index contributed by atoms with van der Waals surface area (Å²) in [5.74, 6) is -0.863. The number of halogens is 1. The van der Waals surface area contributed by atoms with Crippen LogP contribution in [-0.4, -0.2) is 28.4 Å². The molecule has 1 atom stereocenters. The summed E-state index contributed by atoms with van der Waals surface area (Å²) in [7, 11) is 0. The maximum Gasteiger partial charge on any atom is 0.240 e. The van der Waals surface area contributed by atoms with Crippen LogP contribution in [0.3, 0.4) is 0 Å². The Labute approximate surface area is 153 Å². The van der Waals surface area contributed by atoms with Gasteiger partial charge < -0.3 is 10.6 Å². The van der Waals surface area contributed by atoms with E-state index in [0.29, 0.717) is 16.4 Å². The number of anilines is 1. The van der Waals surface area contributed by atoms with Crippen LogP contribution >= 0.6 is 11.8 Å². The van der Waals surface area contributed by atoms with Gasteiger partial charge in [-0.15, -0.1) is 5.10 Å². The Morgan fingerprint density at radius 3 is 2.65 bits per heavy atom. The van der Waals surface area contributed by atoms with Crippen molar-refractivity contribution >= 4 is 40.6 Å². The van der Waals surface area contributed by atoms with Crippen molar-refractivity contribution < 1.29 is 14.0 Å². The van der Waals surface area contributed by atoms with E-state index in [1.54, 1.807) is 24.3 Å². The first kappa shape index (κ1) is 17.8. The molecule has 0 bridgehead atoms. The lowest BCUT2D eigenvalue weighted by atomic mass is 10.2. The van der Waals surface area contributed by atoms with Crippen LogP contribution in [0.4, 0.5) is 10.1 Å². The molecule has 26 heavy (non-hydrogen) atoms. The van der Waals surface area contributed by atoms with E-state index in [-0.39, 0.29) is 24.1 Å². The predicted molar refractivity (Wildman–Crippen MR) is 101 cm³/mol. The highest BCUT2D eigenvalue weighted by molar-refractivity contribution is 8.15. The van der Waals surface area contributed by atoms with Crippen molar-refractivity contribution in [2.24, 2.45) is 10.2 Å². The van der Waals surface area contributed by atoms with Crippen LogP contribution < -0.4 is 10.6 Å². The maximum absolute atomic E-state index is 12.8. The van der Waals surface area contributed by atoms with Crippen molar-refractivity contribution in [3.8, 4) is 0 Å². The Morgan fingerprint density at radius 2 is 1.92 bits per heavy atom. The van der Waals surface area contributed by atoms with Gasteiger partial charge in [-0.05, 0) is 29.8 Å². The molecule has 0 aromatic heterocycles. The lowest BCUT2D eigenvalue weighted by molar-refractivity contribution is -0.122. The lowest BCUT2D eigenvalue weighted by Gasteiger charge is -2.06. The summed E-state index contributed by atoms with van der Waals surface area (Å²) in [5.41, 5.74) is 1.36. The molecule has 0 radical (unpaired) electrons. The van der Waals surface area contributed by atoms with E-state index in [2.05, 4.69) is 20.8 Å². The van der Waals surface area contributed by atoms with Crippen molar-refractivity contribution in [2.45, 2.75) is 11.7 Å². The first-order chi connectivity index (χ1) is 12.6. The molecule has 3 rings (SSSR count). The lowest BCUT2D eigenvalue weighted by Crippen LogP contribution is -2.28. The number of para-hydroxylation sites is 1. The highest BCUT2D eigenvalue weighted by atomic mass is 32.2. The molecule has 2 N–H and O–H groups in total. The van der Waals surface area contributed by atoms with Gasteiger partial charge in [0.1, 0.15) is 11.1 Å². The number of benzene rings is 2. The number of nitrogens with zero attached hydrogens (tertiary/aromatic N) is 2. The van der Waals surface area contributed by atoms with Gasteiger partial charge in [-0.3, -0.25) is 9.59 Å². The topological polar surface area (TPSA) is 82.9 Å². The number of hydrogen-bond acceptors (Lipinski definition) is 5. The Kier molecular flexibility index (Phi) is 5.75. The SMILES string of the molecule is O=C(CC1SC(=NN=Cc2ccc(F)cc2)NC1=O)Nc1ccccc1. The van der Waals surface area contributed by atoms with Gasteiger partial charge in [0.25, 0.3) is 0 Å². The Bertz CT molecular complexity index is 853. The van der Waals surface area contributed by atoms with Crippen LogP contribution in [0.5, 0.6) is 0 Å². The molecule has 1 heterocycles. The summed E-state index contributed by atoms with van der Waals surface area (Å²) >= 11 is 1.15. The number of amides is 2. The molecule has 0 spiro atoms. The number of thioether (sulfide) groups is 1. The minimum Gasteiger partial charge on any atom is -0.326 e. The number of rotatable bonds is 5. The zero-order valence-electron chi connectivity index (χ0n) is 13.6. The van der Waals surface area contributed by atoms with Crippen LogP contribution in [0.2, 0.25) is 0 Å². The molecule has 6 nitrogen and oxygen atoms in total. The first-order valence-electron chi connectivity index (χ1n) is 7.79. The van der Waals surface area contributed by atoms with E-state index in [9.17, 15) is 14.0 Å². The third-order valence-corrected chi connectivity index (χ3v) is 4.50. The highest BCUT2D eigenvalue weighted by Crippen LogP contribution is 2.23. The molecule has 8 heteroatoms. The number of amidine groups is 1. The van der Waals surface area contributed by atoms with Gasteiger partial charge in [-0.2, -0.15) is 5.10 Å². The quantitative estimate of drug-likeness (QED) is 0.627. The zero-order chi connectivity index (χ0) is 18.4. The number of carbonyl (C=O) groups is 2. The fraction of sp³-hybridized carbons (Fsp3) is 0.111. The fourth-order valence-corrected chi connectivity index (χ4v) is 3.11. The molecule has 2 aromatic rings. The van der Waals surface area contributed by atoms with Gasteiger partial charge in [0, 0.05) is 12.1 Å². The third-order valence-electron chi connectivity index (χ3n) is 3.43. The first-order valence-corrected chi connectivity index (χ1v) is 8.67. The van der Waals surface area contributed by atoms with Gasteiger partial charge in [-0.25, -0.2) is 4.39 Å². The average molecular weight is 370 g/mol. The van der Waals surface area contributed by atoms with Gasteiger partial charge in [0.05, 0.1) is 6.21 Å². The van der Waals surface area contributed by atoms with Crippen molar-refractivity contribution in [2.75, 3.05) is 5.32 Å². The third kappa shape index (κ3) is 5.00. The standard InChI is InChI=1S/C18H15FN4O2S/c19-13-8-6-12(7-9-13)11-20-23-18-22-17(25)15(26-18)10-16(24)21-14-4-2-1-3-5-14/h1-9,11,15H,10H2,(H,21,24)(H,22,23,25).